The standard InChI is InChI=1S/C28H33N5O3.H2IS/c1-3-21(34)12-5-9-17-26(36)32-19-20-11-4-6-13-22(20)28-27(23-14-7-8-15-24(23)32)30-31-33(28)18-10-16-25(35)29-2;1-2/h4,6-8,11,13-15H,3,5,9-10,12,16-19H2,1-2H3,(H,29,35);1-2H/q;-1/i;1D. The van der Waals surface area contributed by atoms with Gasteiger partial charge < -0.3 is 10.2 Å². The van der Waals surface area contributed by atoms with E-state index in [0.29, 0.717) is 51.6 Å². The number of benzene rings is 2. The van der Waals surface area contributed by atoms with Gasteiger partial charge in [-0.15, -0.1) is 5.10 Å². The molecule has 204 valence electrons. The summed E-state index contributed by atoms with van der Waals surface area (Å²) in [7, 11) is 5.20. The summed E-state index contributed by atoms with van der Waals surface area (Å²) in [6.45, 7) is 2.86. The molecular weight excluding hydrogens is 613 g/mol. The fourth-order valence-corrected chi connectivity index (χ4v) is 4.62. The first-order valence-electron chi connectivity index (χ1n) is 13.2. The van der Waals surface area contributed by atoms with Gasteiger partial charge in [0.25, 0.3) is 0 Å². The van der Waals surface area contributed by atoms with Crippen molar-refractivity contribution in [1.82, 2.24) is 20.3 Å². The Morgan fingerprint density at radius 3 is 2.45 bits per heavy atom. The molecule has 2 aromatic carbocycles. The first-order valence-corrected chi connectivity index (χ1v) is 16.1. The molecule has 0 bridgehead atoms. The second kappa shape index (κ2) is 15.0. The van der Waals surface area contributed by atoms with Gasteiger partial charge in [-0.1, -0.05) is 54.6 Å². The number of hydrogen-bond acceptors (Lipinski definition) is 6. The predicted molar refractivity (Wildman–Crippen MR) is 150 cm³/mol. The van der Waals surface area contributed by atoms with Crippen LogP contribution in [0.5, 0.6) is 0 Å². The van der Waals surface area contributed by atoms with Crippen LogP contribution in [0, 0.1) is 0 Å². The number of nitrogens with one attached hydrogen (secondary N) is 1. The molecule has 1 aliphatic heterocycles. The van der Waals surface area contributed by atoms with Crippen LogP contribution < -0.4 is 31.2 Å². The van der Waals surface area contributed by atoms with Crippen molar-refractivity contribution in [1.29, 1.82) is 0.594 Å². The Morgan fingerprint density at radius 1 is 1.03 bits per heavy atom. The molecule has 8 nitrogen and oxygen atoms in total. The topological polar surface area (TPSA) is 97.2 Å². The van der Waals surface area contributed by atoms with E-state index in [2.05, 4.69) is 25.4 Å². The van der Waals surface area contributed by atoms with E-state index in [-0.39, 0.29) is 17.6 Å². The zero-order chi connectivity index (χ0) is 28.2. The molecule has 0 radical (unpaired) electrons. The number of halogens is 1. The Morgan fingerprint density at radius 2 is 1.71 bits per heavy atom. The summed E-state index contributed by atoms with van der Waals surface area (Å²) in [6.07, 6.45) is 3.90. The molecule has 3 aromatic rings. The number of anilines is 1. The van der Waals surface area contributed by atoms with Crippen molar-refractivity contribution in [3.8, 4) is 22.5 Å². The SMILES string of the molecule is CCC(=O)CCCCC(=O)N1Cc2ccccc2-c2c(nnn2CCCC(=O)NC)-c2ccccc21.[2H][I-]S. The number of unbranched alkanes of at least 4 members (excludes halogenated alkanes) is 1. The van der Waals surface area contributed by atoms with Crippen LogP contribution in [0.3, 0.4) is 0 Å². The van der Waals surface area contributed by atoms with Crippen LogP contribution in [0.4, 0.5) is 5.69 Å². The zero-order valence-corrected chi connectivity index (χ0v) is 24.9. The van der Waals surface area contributed by atoms with E-state index >= 15 is 0 Å². The van der Waals surface area contributed by atoms with Gasteiger partial charge in [0.15, 0.2) is 0 Å². The molecule has 0 saturated carbocycles. The summed E-state index contributed by atoms with van der Waals surface area (Å²) in [5.41, 5.74) is 5.29. The number of amides is 2. The van der Waals surface area contributed by atoms with Crippen molar-refractivity contribution in [3.05, 3.63) is 54.1 Å². The molecule has 1 aliphatic rings. The third-order valence-corrected chi connectivity index (χ3v) is 6.63. The van der Waals surface area contributed by atoms with Crippen molar-refractivity contribution in [2.45, 2.75) is 65.0 Å². The number of ketones is 1. The van der Waals surface area contributed by atoms with E-state index in [4.69, 9.17) is 0.594 Å². The van der Waals surface area contributed by atoms with E-state index in [1.54, 1.807) is 7.05 Å². The molecule has 38 heavy (non-hydrogen) atoms. The van der Waals surface area contributed by atoms with Crippen molar-refractivity contribution in [2.75, 3.05) is 11.9 Å². The molecule has 1 N–H and O–H groups in total. The number of nitrogens with zero attached hydrogens (tertiary/aromatic N) is 4. The maximum absolute atomic E-state index is 13.5. The van der Waals surface area contributed by atoms with Crippen LogP contribution in [-0.2, 0) is 27.5 Å². The van der Waals surface area contributed by atoms with Gasteiger partial charge in [0.05, 0.1) is 17.9 Å². The molecule has 0 saturated heterocycles. The molecule has 2 amide bonds. The summed E-state index contributed by atoms with van der Waals surface area (Å²) >= 11 is -0.466. The van der Waals surface area contributed by atoms with Crippen LogP contribution >= 0.6 is 9.80 Å². The second-order valence-corrected chi connectivity index (χ2v) is 9.04. The summed E-state index contributed by atoms with van der Waals surface area (Å²) in [6, 6.07) is 15.8. The van der Waals surface area contributed by atoms with Gasteiger partial charge in [-0.2, -0.15) is 0 Å². The van der Waals surface area contributed by atoms with Crippen LogP contribution in [0.2, 0.25) is 0 Å². The number of carbonyl (C=O) groups excluding carboxylic acids is 3. The molecule has 0 atom stereocenters. The normalized spacial score (nSPS) is 12.1. The van der Waals surface area contributed by atoms with Crippen molar-refractivity contribution < 1.29 is 35.4 Å². The van der Waals surface area contributed by atoms with Crippen LogP contribution in [0.1, 0.15) is 57.4 Å². The van der Waals surface area contributed by atoms with Gasteiger partial charge in [-0.3, -0.25) is 14.4 Å². The Labute approximate surface area is 242 Å². The number of aromatic nitrogens is 3. The zero-order valence-electron chi connectivity index (χ0n) is 22.8. The molecule has 0 unspecified atom stereocenters. The van der Waals surface area contributed by atoms with Crippen molar-refractivity contribution in [2.24, 2.45) is 0 Å². The molecule has 0 fully saturated rings. The van der Waals surface area contributed by atoms with Crippen molar-refractivity contribution in [3.63, 3.8) is 0 Å². The first kappa shape index (κ1) is 28.3. The van der Waals surface area contributed by atoms with Gasteiger partial charge >= 0.3 is 31.4 Å². The Kier molecular flexibility index (Phi) is 11.2. The molecule has 10 heteroatoms. The Bertz CT molecular complexity index is 1290. The van der Waals surface area contributed by atoms with Gasteiger partial charge in [0.1, 0.15) is 11.5 Å². The number of fused-ring (bicyclic) bond motifs is 5. The van der Waals surface area contributed by atoms with Crippen molar-refractivity contribution >= 4 is 33.1 Å². The fourth-order valence-electron chi connectivity index (χ4n) is 4.62. The van der Waals surface area contributed by atoms with E-state index in [1.165, 1.54) is 0 Å². The molecule has 2 heterocycles. The summed E-state index contributed by atoms with van der Waals surface area (Å²) in [4.78, 5) is 38.7. The Hall–Kier alpha value is -2.73. The van der Waals surface area contributed by atoms with Crippen LogP contribution in [-0.4, -0.2) is 40.2 Å². The first-order chi connectivity index (χ1) is 18.9. The number of carbonyl (C=O) groups is 3. The monoisotopic (exact) mass is 649 g/mol. The van der Waals surface area contributed by atoms with E-state index in [0.717, 1.165) is 40.2 Å². The minimum absolute atomic E-state index is 0.00281. The number of Topliss-reactive ketones (excluding diaryl/α,β-unsaturated/α-hetero) is 1. The number of thiol groups is 1. The van der Waals surface area contributed by atoms with Crippen LogP contribution in [0.25, 0.3) is 22.5 Å². The molecule has 1 aromatic heterocycles. The number of aryl methyl sites for hydroxylation is 1. The molecular formula is C28H35IN5O3S-. The maximum atomic E-state index is 13.5. The Balaban J connectivity index is 0.00000134. The number of hydrogen-bond donors (Lipinski definition) is 2. The third kappa shape index (κ3) is 7.22. The minimum atomic E-state index is -0.466. The average molecular weight is 650 g/mol. The number of rotatable bonds is 10. The summed E-state index contributed by atoms with van der Waals surface area (Å²) in [5, 5.41) is 11.7. The van der Waals surface area contributed by atoms with Crippen LogP contribution in [0.15, 0.2) is 48.5 Å². The third-order valence-electron chi connectivity index (χ3n) is 6.63. The molecule has 0 spiro atoms. The predicted octanol–water partition coefficient (Wildman–Crippen LogP) is 1.64. The summed E-state index contributed by atoms with van der Waals surface area (Å²) < 4.78 is 8.05. The van der Waals surface area contributed by atoms with Gasteiger partial charge in [0, 0.05) is 50.4 Å². The van der Waals surface area contributed by atoms with E-state index in [1.807, 2.05) is 65.0 Å². The quantitative estimate of drug-likeness (QED) is 0.198. The molecule has 4 rings (SSSR count). The summed E-state index contributed by atoms with van der Waals surface area (Å²) in [5.74, 6) is 0.263. The van der Waals surface area contributed by atoms with E-state index in [9.17, 15) is 14.4 Å². The van der Waals surface area contributed by atoms with Gasteiger partial charge in [-0.05, 0) is 30.9 Å². The van der Waals surface area contributed by atoms with Gasteiger partial charge in [0.2, 0.25) is 11.8 Å². The average Bonchev–Trinajstić information content (AvgIpc) is 3.36. The van der Waals surface area contributed by atoms with Gasteiger partial charge in [-0.25, -0.2) is 4.68 Å². The number of para-hydroxylation sites is 1. The fraction of sp³-hybridized carbons (Fsp3) is 0.393. The van der Waals surface area contributed by atoms with E-state index < -0.39 is 21.0 Å². The second-order valence-electron chi connectivity index (χ2n) is 9.04. The molecule has 0 aliphatic carbocycles.